The maximum absolute atomic E-state index is 4.78. The molecular weight excluding hydrogens is 202 g/mol. The number of hydrogen-bond donors (Lipinski definition) is 1. The number of nitrogens with zero attached hydrogens (tertiary/aromatic N) is 1. The molecule has 0 aliphatic carbocycles. The van der Waals surface area contributed by atoms with Crippen molar-refractivity contribution in [3.8, 4) is 0 Å². The molecule has 0 fully saturated rings. The first-order valence-corrected chi connectivity index (χ1v) is 3.37. The molecule has 0 aromatic carbocycles. The van der Waals surface area contributed by atoms with E-state index in [2.05, 4.69) is 26.5 Å². The summed E-state index contributed by atoms with van der Waals surface area (Å²) in [7, 11) is 1.93. The fraction of sp³-hybridized carbons (Fsp3) is 0.800. The van der Waals surface area contributed by atoms with Crippen molar-refractivity contribution in [2.75, 3.05) is 7.05 Å². The monoisotopic (exact) mass is 212 g/mol. The van der Waals surface area contributed by atoms with E-state index in [-0.39, 0.29) is 17.1 Å². The number of thiol groups is 1. The van der Waals surface area contributed by atoms with Gasteiger partial charge in [0, 0.05) is 30.2 Å². The third-order valence-electron chi connectivity index (χ3n) is 1.08. The van der Waals surface area contributed by atoms with Crippen LogP contribution in [0.4, 0.5) is 0 Å². The average Bonchev–Trinajstić information content (AvgIpc) is 1.64. The Kier molecular flexibility index (Phi) is 7.65. The van der Waals surface area contributed by atoms with Gasteiger partial charge in [-0.25, -0.2) is 0 Å². The Bertz CT molecular complexity index is 95.0. The van der Waals surface area contributed by atoms with E-state index in [1.54, 1.807) is 0 Å². The largest absolute Gasteiger partial charge is 0.358 e. The van der Waals surface area contributed by atoms with Crippen molar-refractivity contribution in [3.63, 3.8) is 0 Å². The van der Waals surface area contributed by atoms with Crippen LogP contribution in [0.2, 0.25) is 0 Å². The SMILES string of the molecule is CC(C)N(C)C(=S)S.[Cu]. The van der Waals surface area contributed by atoms with Gasteiger partial charge in [0.1, 0.15) is 4.32 Å². The minimum atomic E-state index is 0. The summed E-state index contributed by atoms with van der Waals surface area (Å²) in [6, 6.07) is 0.458. The first-order chi connectivity index (χ1) is 3.55. The number of thiocarbonyl (C=S) groups is 1. The van der Waals surface area contributed by atoms with Gasteiger partial charge in [0.25, 0.3) is 0 Å². The zero-order valence-corrected chi connectivity index (χ0v) is 8.33. The van der Waals surface area contributed by atoms with Crippen LogP contribution in [0.15, 0.2) is 0 Å². The summed E-state index contributed by atoms with van der Waals surface area (Å²) in [4.78, 5) is 1.93. The second-order valence-electron chi connectivity index (χ2n) is 1.99. The molecule has 0 atom stereocenters. The Morgan fingerprint density at radius 1 is 1.56 bits per heavy atom. The van der Waals surface area contributed by atoms with Crippen LogP contribution in [0.5, 0.6) is 0 Å². The first-order valence-electron chi connectivity index (χ1n) is 2.51. The maximum atomic E-state index is 4.78. The van der Waals surface area contributed by atoms with Crippen molar-refractivity contribution >= 4 is 29.2 Å². The summed E-state index contributed by atoms with van der Waals surface area (Å²) >= 11 is 8.77. The molecule has 0 aromatic heterocycles. The van der Waals surface area contributed by atoms with Gasteiger partial charge in [0.05, 0.1) is 0 Å². The van der Waals surface area contributed by atoms with Gasteiger partial charge in [-0.2, -0.15) is 0 Å². The molecule has 0 aliphatic heterocycles. The molecule has 0 bridgehead atoms. The molecule has 0 saturated heterocycles. The Hall–Kier alpha value is 0.759. The van der Waals surface area contributed by atoms with Gasteiger partial charge in [-0.1, -0.05) is 12.2 Å². The van der Waals surface area contributed by atoms with Gasteiger partial charge >= 0.3 is 0 Å². The van der Waals surface area contributed by atoms with E-state index >= 15 is 0 Å². The van der Waals surface area contributed by atoms with Crippen molar-refractivity contribution in [2.45, 2.75) is 19.9 Å². The van der Waals surface area contributed by atoms with Crippen LogP contribution < -0.4 is 0 Å². The van der Waals surface area contributed by atoms with Crippen LogP contribution in [0.3, 0.4) is 0 Å². The molecule has 0 saturated carbocycles. The van der Waals surface area contributed by atoms with Crippen molar-refractivity contribution in [3.05, 3.63) is 0 Å². The van der Waals surface area contributed by atoms with E-state index in [1.165, 1.54) is 0 Å². The summed E-state index contributed by atoms with van der Waals surface area (Å²) in [6.07, 6.45) is 0. The van der Waals surface area contributed by atoms with Gasteiger partial charge in [-0.05, 0) is 13.8 Å². The topological polar surface area (TPSA) is 3.24 Å². The van der Waals surface area contributed by atoms with Gasteiger partial charge in [-0.15, -0.1) is 12.6 Å². The predicted octanol–water partition coefficient (Wildman–Crippen LogP) is 1.54. The third-order valence-corrected chi connectivity index (χ3v) is 1.68. The molecule has 0 heterocycles. The summed E-state index contributed by atoms with van der Waals surface area (Å²) in [6.45, 7) is 4.14. The molecule has 59 valence electrons. The quantitative estimate of drug-likeness (QED) is 0.399. The third kappa shape index (κ3) is 5.22. The summed E-state index contributed by atoms with van der Waals surface area (Å²) in [5.41, 5.74) is 0. The van der Waals surface area contributed by atoms with Crippen LogP contribution >= 0.6 is 24.8 Å². The second-order valence-corrected chi connectivity index (χ2v) is 3.10. The van der Waals surface area contributed by atoms with E-state index in [4.69, 9.17) is 12.2 Å². The van der Waals surface area contributed by atoms with E-state index in [1.807, 2.05) is 11.9 Å². The van der Waals surface area contributed by atoms with Gasteiger partial charge in [0.15, 0.2) is 0 Å². The molecule has 0 amide bonds. The molecule has 0 aliphatic rings. The Morgan fingerprint density at radius 3 is 1.89 bits per heavy atom. The molecule has 0 rings (SSSR count). The fourth-order valence-corrected chi connectivity index (χ4v) is 0.663. The standard InChI is InChI=1S/C5H11NS2.Cu/c1-4(2)6(3)5(7)8;/h4H,1-3H3,(H,7,8);. The molecule has 1 nitrogen and oxygen atoms in total. The zero-order valence-electron chi connectivity index (χ0n) is 5.68. The summed E-state index contributed by atoms with van der Waals surface area (Å²) in [5.74, 6) is 0. The molecule has 1 radical (unpaired) electrons. The Balaban J connectivity index is 0. The van der Waals surface area contributed by atoms with Crippen molar-refractivity contribution in [1.29, 1.82) is 0 Å². The van der Waals surface area contributed by atoms with Crippen molar-refractivity contribution in [1.82, 2.24) is 4.90 Å². The van der Waals surface area contributed by atoms with Crippen molar-refractivity contribution in [2.24, 2.45) is 0 Å². The van der Waals surface area contributed by atoms with Crippen LogP contribution in [-0.4, -0.2) is 22.3 Å². The average molecular weight is 213 g/mol. The second kappa shape index (κ2) is 5.54. The normalized spacial score (nSPS) is 8.56. The van der Waals surface area contributed by atoms with Gasteiger partial charge in [-0.3, -0.25) is 0 Å². The number of rotatable bonds is 1. The summed E-state index contributed by atoms with van der Waals surface area (Å²) in [5, 5.41) is 0. The maximum Gasteiger partial charge on any atom is 0.133 e. The first kappa shape index (κ1) is 12.4. The van der Waals surface area contributed by atoms with E-state index in [9.17, 15) is 0 Å². The molecule has 0 unspecified atom stereocenters. The van der Waals surface area contributed by atoms with E-state index in [0.717, 1.165) is 0 Å². The van der Waals surface area contributed by atoms with Crippen LogP contribution in [0, 0.1) is 0 Å². The minimum Gasteiger partial charge on any atom is -0.358 e. The van der Waals surface area contributed by atoms with Crippen LogP contribution in [0.1, 0.15) is 13.8 Å². The van der Waals surface area contributed by atoms with Gasteiger partial charge < -0.3 is 4.90 Å². The Morgan fingerprint density at radius 2 is 1.89 bits per heavy atom. The van der Waals surface area contributed by atoms with E-state index in [0.29, 0.717) is 10.4 Å². The predicted molar refractivity (Wildman–Crippen MR) is 44.5 cm³/mol. The number of hydrogen-bond acceptors (Lipinski definition) is 1. The Labute approximate surface area is 78.1 Å². The van der Waals surface area contributed by atoms with Crippen LogP contribution in [-0.2, 0) is 17.1 Å². The van der Waals surface area contributed by atoms with Crippen molar-refractivity contribution < 1.29 is 17.1 Å². The fourth-order valence-electron chi connectivity index (χ4n) is 0.221. The molecular formula is C5H11CuNS2. The molecule has 9 heavy (non-hydrogen) atoms. The molecule has 4 heteroatoms. The minimum absolute atomic E-state index is 0. The van der Waals surface area contributed by atoms with Gasteiger partial charge in [0.2, 0.25) is 0 Å². The molecule has 0 aromatic rings. The zero-order chi connectivity index (χ0) is 6.73. The van der Waals surface area contributed by atoms with Crippen LogP contribution in [0.25, 0.3) is 0 Å². The van der Waals surface area contributed by atoms with E-state index < -0.39 is 0 Å². The summed E-state index contributed by atoms with van der Waals surface area (Å²) < 4.78 is 0.653. The molecule has 0 N–H and O–H groups in total. The smallest absolute Gasteiger partial charge is 0.133 e. The molecule has 0 spiro atoms.